The predicted octanol–water partition coefficient (Wildman–Crippen LogP) is 0.924. The van der Waals surface area contributed by atoms with Crippen molar-refractivity contribution >= 4 is 17.5 Å². The van der Waals surface area contributed by atoms with Crippen LogP contribution in [0.1, 0.15) is 28.8 Å². The van der Waals surface area contributed by atoms with Gasteiger partial charge >= 0.3 is 0 Å². The summed E-state index contributed by atoms with van der Waals surface area (Å²) in [5.74, 6) is 0.135. The van der Waals surface area contributed by atoms with E-state index in [2.05, 4.69) is 20.4 Å². The number of hydrogen-bond acceptors (Lipinski definition) is 6. The molecule has 0 spiro atoms. The van der Waals surface area contributed by atoms with E-state index in [1.807, 2.05) is 6.92 Å². The first-order valence-corrected chi connectivity index (χ1v) is 6.48. The van der Waals surface area contributed by atoms with Gasteiger partial charge in [-0.2, -0.15) is 10.1 Å². The molecule has 0 unspecified atom stereocenters. The Hall–Kier alpha value is -2.64. The van der Waals surface area contributed by atoms with Crippen molar-refractivity contribution in [2.24, 2.45) is 7.05 Å². The maximum atomic E-state index is 12.3. The maximum absolute atomic E-state index is 12.3. The van der Waals surface area contributed by atoms with E-state index >= 15 is 0 Å². The largest absolute Gasteiger partial charge is 0.481 e. The third-order valence-electron chi connectivity index (χ3n) is 2.98. The lowest BCUT2D eigenvalue weighted by Crippen LogP contribution is -2.19. The summed E-state index contributed by atoms with van der Waals surface area (Å²) in [6.07, 6.45) is 0.654. The predicted molar refractivity (Wildman–Crippen MR) is 78.3 cm³/mol. The van der Waals surface area contributed by atoms with Crippen molar-refractivity contribution in [3.8, 4) is 5.88 Å². The Morgan fingerprint density at radius 2 is 2.19 bits per heavy atom. The number of rotatable bonds is 4. The molecule has 0 aliphatic heterocycles. The number of aryl methyl sites for hydroxylation is 3. The lowest BCUT2D eigenvalue weighted by molar-refractivity contribution is 0.101. The minimum Gasteiger partial charge on any atom is -0.481 e. The summed E-state index contributed by atoms with van der Waals surface area (Å²) in [5.41, 5.74) is 7.98. The molecule has 112 valence electrons. The number of aromatic nitrogens is 4. The van der Waals surface area contributed by atoms with Crippen LogP contribution in [-0.4, -0.2) is 32.8 Å². The fraction of sp³-hybridized carbons (Fsp3) is 0.385. The van der Waals surface area contributed by atoms with Gasteiger partial charge in [0.15, 0.2) is 0 Å². The summed E-state index contributed by atoms with van der Waals surface area (Å²) in [4.78, 5) is 20.5. The van der Waals surface area contributed by atoms with Gasteiger partial charge in [-0.1, -0.05) is 6.92 Å². The van der Waals surface area contributed by atoms with Crippen LogP contribution >= 0.6 is 0 Å². The van der Waals surface area contributed by atoms with E-state index < -0.39 is 5.91 Å². The van der Waals surface area contributed by atoms with E-state index in [0.29, 0.717) is 29.4 Å². The molecule has 0 aliphatic rings. The third kappa shape index (κ3) is 2.93. The van der Waals surface area contributed by atoms with Crippen LogP contribution in [0.25, 0.3) is 0 Å². The van der Waals surface area contributed by atoms with E-state index in [-0.39, 0.29) is 11.6 Å². The zero-order valence-corrected chi connectivity index (χ0v) is 12.5. The summed E-state index contributed by atoms with van der Waals surface area (Å²) >= 11 is 0. The average molecular weight is 290 g/mol. The van der Waals surface area contributed by atoms with Crippen molar-refractivity contribution in [2.75, 3.05) is 18.2 Å². The van der Waals surface area contributed by atoms with Gasteiger partial charge in [-0.15, -0.1) is 0 Å². The molecule has 2 heterocycles. The maximum Gasteiger partial charge on any atom is 0.278 e. The number of ether oxygens (including phenoxy) is 1. The molecule has 0 saturated carbocycles. The molecule has 0 radical (unpaired) electrons. The van der Waals surface area contributed by atoms with E-state index in [1.54, 1.807) is 20.0 Å². The molecule has 1 amide bonds. The van der Waals surface area contributed by atoms with Gasteiger partial charge in [0.1, 0.15) is 5.69 Å². The van der Waals surface area contributed by atoms with Gasteiger partial charge in [0.05, 0.1) is 18.5 Å². The summed E-state index contributed by atoms with van der Waals surface area (Å²) in [6, 6.07) is 1.67. The van der Waals surface area contributed by atoms with Gasteiger partial charge in [0.25, 0.3) is 5.91 Å². The number of methoxy groups -OCH3 is 1. The van der Waals surface area contributed by atoms with Crippen LogP contribution in [0.15, 0.2) is 6.07 Å². The number of nitrogens with two attached hydrogens (primary N) is 1. The average Bonchev–Trinajstić information content (AvgIpc) is 2.72. The van der Waals surface area contributed by atoms with E-state index in [4.69, 9.17) is 10.5 Å². The number of anilines is 2. The minimum absolute atomic E-state index is 0.162. The van der Waals surface area contributed by atoms with Gasteiger partial charge in [0, 0.05) is 18.8 Å². The summed E-state index contributed by atoms with van der Waals surface area (Å²) in [6.45, 7) is 3.71. The lowest BCUT2D eigenvalue weighted by Gasteiger charge is -2.07. The molecule has 8 nitrogen and oxygen atoms in total. The van der Waals surface area contributed by atoms with Crippen molar-refractivity contribution in [2.45, 2.75) is 20.3 Å². The Morgan fingerprint density at radius 3 is 2.76 bits per heavy atom. The highest BCUT2D eigenvalue weighted by Crippen LogP contribution is 2.18. The van der Waals surface area contributed by atoms with E-state index in [0.717, 1.165) is 0 Å². The van der Waals surface area contributed by atoms with Crippen LogP contribution in [0.2, 0.25) is 0 Å². The highest BCUT2D eigenvalue weighted by molar-refractivity contribution is 6.06. The Morgan fingerprint density at radius 1 is 1.48 bits per heavy atom. The van der Waals surface area contributed by atoms with Crippen LogP contribution in [0.5, 0.6) is 5.88 Å². The van der Waals surface area contributed by atoms with Crippen molar-refractivity contribution in [1.82, 2.24) is 19.7 Å². The standard InChI is InChI=1S/C13H18N6O2/c1-5-8-10(14)11(19(3)18-8)12(20)17-13-15-7(2)6-9(16-13)21-4/h6H,5,14H2,1-4H3,(H,15,16,17,20). The fourth-order valence-corrected chi connectivity index (χ4v) is 1.99. The number of carbonyl (C=O) groups is 1. The molecule has 0 aliphatic carbocycles. The van der Waals surface area contributed by atoms with Gasteiger partial charge in [-0.3, -0.25) is 14.8 Å². The summed E-state index contributed by atoms with van der Waals surface area (Å²) in [7, 11) is 3.17. The topological polar surface area (TPSA) is 108 Å². The zero-order valence-electron chi connectivity index (χ0n) is 12.5. The molecule has 0 aromatic carbocycles. The van der Waals surface area contributed by atoms with Gasteiger partial charge in [-0.25, -0.2) is 4.98 Å². The second-order valence-electron chi connectivity index (χ2n) is 4.52. The molecule has 2 aromatic rings. The molecule has 0 saturated heterocycles. The van der Waals surface area contributed by atoms with Crippen molar-refractivity contribution in [3.63, 3.8) is 0 Å². The number of amides is 1. The van der Waals surface area contributed by atoms with E-state index in [1.165, 1.54) is 11.8 Å². The Bertz CT molecular complexity index is 680. The number of hydrogen-bond donors (Lipinski definition) is 2. The second-order valence-corrected chi connectivity index (χ2v) is 4.52. The SMILES string of the molecule is CCc1nn(C)c(C(=O)Nc2nc(C)cc(OC)n2)c1N. The van der Waals surface area contributed by atoms with Crippen LogP contribution in [-0.2, 0) is 13.5 Å². The summed E-state index contributed by atoms with van der Waals surface area (Å²) in [5, 5.41) is 6.82. The Labute approximate surface area is 122 Å². The van der Waals surface area contributed by atoms with Gasteiger partial charge in [0.2, 0.25) is 11.8 Å². The quantitative estimate of drug-likeness (QED) is 0.867. The molecule has 21 heavy (non-hydrogen) atoms. The molecule has 8 heteroatoms. The highest BCUT2D eigenvalue weighted by atomic mass is 16.5. The molecular formula is C13H18N6O2. The number of nitrogen functional groups attached to an aromatic ring is 1. The third-order valence-corrected chi connectivity index (χ3v) is 2.98. The first-order valence-electron chi connectivity index (χ1n) is 6.48. The first kappa shape index (κ1) is 14.8. The summed E-state index contributed by atoms with van der Waals surface area (Å²) < 4.78 is 6.50. The number of nitrogens with one attached hydrogen (secondary N) is 1. The molecule has 0 atom stereocenters. The lowest BCUT2D eigenvalue weighted by atomic mass is 10.2. The fourth-order valence-electron chi connectivity index (χ4n) is 1.99. The van der Waals surface area contributed by atoms with Crippen molar-refractivity contribution in [3.05, 3.63) is 23.1 Å². The van der Waals surface area contributed by atoms with Crippen molar-refractivity contribution < 1.29 is 9.53 Å². The van der Waals surface area contributed by atoms with E-state index in [9.17, 15) is 4.79 Å². The molecule has 2 rings (SSSR count). The van der Waals surface area contributed by atoms with Crippen LogP contribution in [0.4, 0.5) is 11.6 Å². The number of nitrogens with zero attached hydrogens (tertiary/aromatic N) is 4. The minimum atomic E-state index is -0.408. The van der Waals surface area contributed by atoms with Crippen LogP contribution < -0.4 is 15.8 Å². The van der Waals surface area contributed by atoms with Crippen molar-refractivity contribution in [1.29, 1.82) is 0 Å². The second kappa shape index (κ2) is 5.78. The number of carbonyl (C=O) groups excluding carboxylic acids is 1. The monoisotopic (exact) mass is 290 g/mol. The molecule has 2 aromatic heterocycles. The normalized spacial score (nSPS) is 10.5. The first-order chi connectivity index (χ1) is 9.96. The molecule has 0 bridgehead atoms. The van der Waals surface area contributed by atoms with Gasteiger partial charge in [-0.05, 0) is 13.3 Å². The molecule has 3 N–H and O–H groups in total. The Kier molecular flexibility index (Phi) is 4.06. The molecular weight excluding hydrogens is 272 g/mol. The van der Waals surface area contributed by atoms with Gasteiger partial charge < -0.3 is 10.5 Å². The van der Waals surface area contributed by atoms with Crippen LogP contribution in [0.3, 0.4) is 0 Å². The smallest absolute Gasteiger partial charge is 0.278 e. The zero-order chi connectivity index (χ0) is 15.6. The molecule has 0 fully saturated rings. The highest BCUT2D eigenvalue weighted by Gasteiger charge is 2.20. The van der Waals surface area contributed by atoms with Crippen LogP contribution in [0, 0.1) is 6.92 Å². The Balaban J connectivity index is 2.30.